The minimum Gasteiger partial charge on any atom is -0.383 e. The molecule has 0 spiro atoms. The topological polar surface area (TPSA) is 54.5 Å². The molecule has 5 nitrogen and oxygen atoms in total. The molecule has 1 saturated heterocycles. The Morgan fingerprint density at radius 1 is 1.55 bits per heavy atom. The number of hydrogen-bond donors (Lipinski definition) is 1. The van der Waals surface area contributed by atoms with Crippen molar-refractivity contribution >= 4 is 11.6 Å². The Bertz CT molecular complexity index is 450. The highest BCUT2D eigenvalue weighted by molar-refractivity contribution is 5.94. The minimum absolute atomic E-state index is 0.0828. The first-order chi connectivity index (χ1) is 9.70. The van der Waals surface area contributed by atoms with Crippen LogP contribution in [0.1, 0.15) is 30.1 Å². The number of pyridine rings is 1. The van der Waals surface area contributed by atoms with E-state index in [0.29, 0.717) is 24.6 Å². The van der Waals surface area contributed by atoms with Crippen LogP contribution in [0.15, 0.2) is 18.5 Å². The third-order valence-corrected chi connectivity index (χ3v) is 3.56. The molecule has 0 aromatic carbocycles. The molecule has 1 aromatic heterocycles. The molecular formula is C15H23N3O2. The van der Waals surface area contributed by atoms with E-state index in [0.717, 1.165) is 25.2 Å². The van der Waals surface area contributed by atoms with Gasteiger partial charge in [-0.25, -0.2) is 0 Å². The van der Waals surface area contributed by atoms with Crippen LogP contribution in [0.5, 0.6) is 0 Å². The zero-order chi connectivity index (χ0) is 14.4. The van der Waals surface area contributed by atoms with Crippen LogP contribution in [0.25, 0.3) is 0 Å². The van der Waals surface area contributed by atoms with Crippen LogP contribution >= 0.6 is 0 Å². The Kier molecular flexibility index (Phi) is 5.35. The molecule has 20 heavy (non-hydrogen) atoms. The summed E-state index contributed by atoms with van der Waals surface area (Å²) in [6.45, 7) is 5.23. The van der Waals surface area contributed by atoms with E-state index in [9.17, 15) is 4.79 Å². The number of nitrogens with zero attached hydrogens (tertiary/aromatic N) is 2. The molecule has 0 saturated carbocycles. The summed E-state index contributed by atoms with van der Waals surface area (Å²) >= 11 is 0. The van der Waals surface area contributed by atoms with E-state index in [1.165, 1.54) is 6.42 Å². The Morgan fingerprint density at radius 2 is 2.40 bits per heavy atom. The van der Waals surface area contributed by atoms with Gasteiger partial charge in [0, 0.05) is 39.1 Å². The summed E-state index contributed by atoms with van der Waals surface area (Å²) < 4.78 is 4.99. The number of anilines is 1. The van der Waals surface area contributed by atoms with Gasteiger partial charge in [0.25, 0.3) is 5.91 Å². The molecule has 2 rings (SSSR count). The lowest BCUT2D eigenvalue weighted by molar-refractivity contribution is 0.0682. The largest absolute Gasteiger partial charge is 0.383 e. The Morgan fingerprint density at radius 3 is 3.15 bits per heavy atom. The fourth-order valence-corrected chi connectivity index (χ4v) is 2.51. The third-order valence-electron chi connectivity index (χ3n) is 3.56. The molecule has 1 amide bonds. The fourth-order valence-electron chi connectivity index (χ4n) is 2.51. The molecule has 1 aromatic rings. The third kappa shape index (κ3) is 3.93. The van der Waals surface area contributed by atoms with Crippen molar-refractivity contribution in [1.82, 2.24) is 9.88 Å². The number of carbonyl (C=O) groups excluding carboxylic acids is 1. The molecule has 1 aliphatic rings. The van der Waals surface area contributed by atoms with Gasteiger partial charge in [0.2, 0.25) is 0 Å². The van der Waals surface area contributed by atoms with Crippen LogP contribution in [0, 0.1) is 5.92 Å². The molecule has 0 bridgehead atoms. The lowest BCUT2D eigenvalue weighted by atomic mass is 10.00. The van der Waals surface area contributed by atoms with E-state index in [1.807, 2.05) is 11.0 Å². The average molecular weight is 277 g/mol. The van der Waals surface area contributed by atoms with E-state index in [1.54, 1.807) is 19.5 Å². The normalized spacial score (nSPS) is 18.9. The number of ether oxygens (including phenoxy) is 1. The summed E-state index contributed by atoms with van der Waals surface area (Å²) in [5, 5.41) is 3.19. The average Bonchev–Trinajstić information content (AvgIpc) is 2.47. The smallest absolute Gasteiger partial charge is 0.255 e. The number of aromatic nitrogens is 1. The number of methoxy groups -OCH3 is 1. The standard InChI is InChI=1S/C15H23N3O2/c1-12-4-3-6-18(11-12)15(19)13-8-14(10-16-9-13)17-5-7-20-2/h8-10,12,17H,3-7,11H2,1-2H3. The maximum absolute atomic E-state index is 12.5. The van der Waals surface area contributed by atoms with E-state index in [2.05, 4.69) is 17.2 Å². The van der Waals surface area contributed by atoms with Crippen LogP contribution in [-0.2, 0) is 4.74 Å². The Balaban J connectivity index is 2.00. The van der Waals surface area contributed by atoms with Crippen molar-refractivity contribution in [2.45, 2.75) is 19.8 Å². The van der Waals surface area contributed by atoms with E-state index in [-0.39, 0.29) is 5.91 Å². The second-order valence-corrected chi connectivity index (χ2v) is 5.38. The van der Waals surface area contributed by atoms with Crippen molar-refractivity contribution in [3.05, 3.63) is 24.0 Å². The van der Waals surface area contributed by atoms with Crippen molar-refractivity contribution < 1.29 is 9.53 Å². The van der Waals surface area contributed by atoms with Crippen LogP contribution < -0.4 is 5.32 Å². The first-order valence-electron chi connectivity index (χ1n) is 7.18. The van der Waals surface area contributed by atoms with Gasteiger partial charge in [0.05, 0.1) is 17.9 Å². The van der Waals surface area contributed by atoms with Gasteiger partial charge in [-0.3, -0.25) is 9.78 Å². The van der Waals surface area contributed by atoms with Gasteiger partial charge in [-0.15, -0.1) is 0 Å². The van der Waals surface area contributed by atoms with Crippen molar-refractivity contribution in [1.29, 1.82) is 0 Å². The molecule has 5 heteroatoms. The van der Waals surface area contributed by atoms with Crippen LogP contribution in [-0.4, -0.2) is 49.1 Å². The number of likely N-dealkylation sites (tertiary alicyclic amines) is 1. The molecule has 0 radical (unpaired) electrons. The van der Waals surface area contributed by atoms with E-state index >= 15 is 0 Å². The molecule has 110 valence electrons. The number of carbonyl (C=O) groups is 1. The summed E-state index contributed by atoms with van der Waals surface area (Å²) in [7, 11) is 1.66. The molecule has 1 N–H and O–H groups in total. The Hall–Kier alpha value is -1.62. The molecule has 0 aliphatic carbocycles. The fraction of sp³-hybridized carbons (Fsp3) is 0.600. The van der Waals surface area contributed by atoms with Crippen molar-refractivity contribution in [3.8, 4) is 0 Å². The van der Waals surface area contributed by atoms with Crippen molar-refractivity contribution in [2.24, 2.45) is 5.92 Å². The van der Waals surface area contributed by atoms with Crippen LogP contribution in [0.4, 0.5) is 5.69 Å². The highest BCUT2D eigenvalue weighted by atomic mass is 16.5. The minimum atomic E-state index is 0.0828. The summed E-state index contributed by atoms with van der Waals surface area (Å²) in [6, 6.07) is 1.87. The van der Waals surface area contributed by atoms with Gasteiger partial charge in [-0.05, 0) is 24.8 Å². The number of amides is 1. The zero-order valence-electron chi connectivity index (χ0n) is 12.3. The van der Waals surface area contributed by atoms with Crippen molar-refractivity contribution in [3.63, 3.8) is 0 Å². The van der Waals surface area contributed by atoms with Crippen LogP contribution in [0.3, 0.4) is 0 Å². The Labute approximate surface area is 120 Å². The highest BCUT2D eigenvalue weighted by Gasteiger charge is 2.22. The van der Waals surface area contributed by atoms with Gasteiger partial charge in [0.1, 0.15) is 0 Å². The van der Waals surface area contributed by atoms with E-state index in [4.69, 9.17) is 4.74 Å². The molecule has 1 aliphatic heterocycles. The molecule has 1 fully saturated rings. The number of hydrogen-bond acceptors (Lipinski definition) is 4. The lowest BCUT2D eigenvalue weighted by Gasteiger charge is -2.31. The van der Waals surface area contributed by atoms with Gasteiger partial charge >= 0.3 is 0 Å². The molecule has 1 atom stereocenters. The molecule has 2 heterocycles. The second kappa shape index (κ2) is 7.24. The number of piperidine rings is 1. The van der Waals surface area contributed by atoms with Gasteiger partial charge in [-0.1, -0.05) is 6.92 Å². The van der Waals surface area contributed by atoms with Crippen molar-refractivity contribution in [2.75, 3.05) is 38.7 Å². The highest BCUT2D eigenvalue weighted by Crippen LogP contribution is 2.18. The first kappa shape index (κ1) is 14.8. The summed E-state index contributed by atoms with van der Waals surface area (Å²) in [5.74, 6) is 0.670. The second-order valence-electron chi connectivity index (χ2n) is 5.38. The molecular weight excluding hydrogens is 254 g/mol. The maximum atomic E-state index is 12.5. The van der Waals surface area contributed by atoms with Gasteiger partial charge in [-0.2, -0.15) is 0 Å². The molecule has 1 unspecified atom stereocenters. The quantitative estimate of drug-likeness (QED) is 0.837. The van der Waals surface area contributed by atoms with Gasteiger partial charge in [0.15, 0.2) is 0 Å². The first-order valence-corrected chi connectivity index (χ1v) is 7.18. The predicted octanol–water partition coefficient (Wildman–Crippen LogP) is 2.01. The summed E-state index contributed by atoms with van der Waals surface area (Å²) in [6.07, 6.45) is 5.67. The zero-order valence-corrected chi connectivity index (χ0v) is 12.3. The summed E-state index contributed by atoms with van der Waals surface area (Å²) in [4.78, 5) is 18.5. The van der Waals surface area contributed by atoms with Gasteiger partial charge < -0.3 is 15.0 Å². The lowest BCUT2D eigenvalue weighted by Crippen LogP contribution is -2.39. The summed E-state index contributed by atoms with van der Waals surface area (Å²) in [5.41, 5.74) is 1.51. The maximum Gasteiger partial charge on any atom is 0.255 e. The number of nitrogens with one attached hydrogen (secondary N) is 1. The SMILES string of the molecule is COCCNc1cncc(C(=O)N2CCCC(C)C2)c1. The van der Waals surface area contributed by atoms with E-state index < -0.39 is 0 Å². The number of rotatable bonds is 5. The van der Waals surface area contributed by atoms with Crippen LogP contribution in [0.2, 0.25) is 0 Å². The monoisotopic (exact) mass is 277 g/mol. The predicted molar refractivity (Wildman–Crippen MR) is 78.9 cm³/mol.